The van der Waals surface area contributed by atoms with Crippen molar-refractivity contribution in [3.63, 3.8) is 0 Å². The largest absolute Gasteiger partial charge is 0.355 e. The molecule has 2 aromatic heterocycles. The molecule has 0 radical (unpaired) electrons. The van der Waals surface area contributed by atoms with E-state index in [2.05, 4.69) is 44.2 Å². The van der Waals surface area contributed by atoms with Crippen molar-refractivity contribution >= 4 is 45.2 Å². The number of rotatable bonds is 8. The summed E-state index contributed by atoms with van der Waals surface area (Å²) in [7, 11) is 1.94. The Morgan fingerprint density at radius 2 is 1.50 bits per heavy atom. The molecule has 3 aromatic carbocycles. The summed E-state index contributed by atoms with van der Waals surface area (Å²) in [4.78, 5) is 21.9. The molecule has 0 atom stereocenters. The second-order valence-electron chi connectivity index (χ2n) is 9.18. The topological polar surface area (TPSA) is 91.0 Å². The molecule has 0 aliphatic heterocycles. The van der Waals surface area contributed by atoms with Gasteiger partial charge in [0.05, 0.1) is 5.52 Å². The number of pyridine rings is 2. The molecule has 5 rings (SSSR count). The smallest absolute Gasteiger partial charge is 0.255 e. The zero-order valence-electron chi connectivity index (χ0n) is 21.7. The van der Waals surface area contributed by atoms with Gasteiger partial charge < -0.3 is 21.3 Å². The molecule has 0 unspecified atom stereocenters. The van der Waals surface area contributed by atoms with Gasteiger partial charge in [0.15, 0.2) is 0 Å². The molecule has 1 amide bonds. The van der Waals surface area contributed by atoms with Gasteiger partial charge in [-0.1, -0.05) is 18.2 Å². The van der Waals surface area contributed by atoms with Crippen LogP contribution in [0.3, 0.4) is 0 Å². The van der Waals surface area contributed by atoms with Crippen molar-refractivity contribution in [2.75, 3.05) is 23.0 Å². The maximum atomic E-state index is 13.1. The minimum absolute atomic E-state index is 0.183. The first-order chi connectivity index (χ1) is 18.5. The number of carbonyl (C=O) groups excluding carboxylic acids is 1. The Morgan fingerprint density at radius 3 is 2.32 bits per heavy atom. The number of aryl methyl sites for hydroxylation is 2. The van der Waals surface area contributed by atoms with E-state index in [-0.39, 0.29) is 5.91 Å². The number of nitrogens with one attached hydrogen (secondary N) is 4. The third-order valence-electron chi connectivity index (χ3n) is 6.36. The van der Waals surface area contributed by atoms with Gasteiger partial charge >= 0.3 is 0 Å². The van der Waals surface area contributed by atoms with Crippen molar-refractivity contribution in [1.82, 2.24) is 15.3 Å². The van der Waals surface area contributed by atoms with Crippen LogP contribution in [0.25, 0.3) is 10.9 Å². The van der Waals surface area contributed by atoms with Gasteiger partial charge in [0, 0.05) is 64.0 Å². The Bertz CT molecular complexity index is 1610. The van der Waals surface area contributed by atoms with Crippen LogP contribution >= 0.6 is 0 Å². The summed E-state index contributed by atoms with van der Waals surface area (Å²) in [5.41, 5.74) is 9.12. The van der Waals surface area contributed by atoms with Crippen LogP contribution in [0, 0.1) is 13.8 Å². The molecule has 5 aromatic rings. The molecular weight excluding hydrogens is 472 g/mol. The first-order valence-corrected chi connectivity index (χ1v) is 12.5. The van der Waals surface area contributed by atoms with Crippen LogP contribution in [-0.2, 0) is 6.54 Å². The Hall–Kier alpha value is -4.75. The normalized spacial score (nSPS) is 10.8. The highest BCUT2D eigenvalue weighted by Crippen LogP contribution is 2.30. The summed E-state index contributed by atoms with van der Waals surface area (Å²) in [5, 5.41) is 14.2. The van der Waals surface area contributed by atoms with E-state index in [1.165, 1.54) is 11.1 Å². The number of carbonyl (C=O) groups is 1. The molecule has 0 bridgehead atoms. The molecule has 0 saturated carbocycles. The monoisotopic (exact) mass is 502 g/mol. The van der Waals surface area contributed by atoms with E-state index in [0.717, 1.165) is 45.9 Å². The number of hydrogen-bond acceptors (Lipinski definition) is 6. The van der Waals surface area contributed by atoms with E-state index in [1.807, 2.05) is 86.8 Å². The number of amides is 1. The van der Waals surface area contributed by atoms with Crippen LogP contribution in [0.1, 0.15) is 27.2 Å². The van der Waals surface area contributed by atoms with E-state index in [1.54, 1.807) is 12.4 Å². The third-order valence-corrected chi connectivity index (χ3v) is 6.36. The standard InChI is InChI=1S/C31H30N6O/c1-20-16-27(12-14-33-20)35-25-8-5-9-26(18-25)37-31(38)22-6-4-7-24(17-22)36-29-13-15-34-28-11-10-23(19-32-3)21(2)30(28)29/h4-18,32H,19H2,1-3H3,(H,33,35)(H,34,36)(H,37,38). The highest BCUT2D eigenvalue weighted by molar-refractivity contribution is 6.05. The van der Waals surface area contributed by atoms with E-state index in [0.29, 0.717) is 11.3 Å². The zero-order valence-corrected chi connectivity index (χ0v) is 21.7. The summed E-state index contributed by atoms with van der Waals surface area (Å²) in [6.45, 7) is 4.85. The molecule has 7 heteroatoms. The molecule has 0 aliphatic carbocycles. The molecule has 4 N–H and O–H groups in total. The zero-order chi connectivity index (χ0) is 26.5. The second-order valence-corrected chi connectivity index (χ2v) is 9.18. The molecule has 0 fully saturated rings. The first-order valence-electron chi connectivity index (χ1n) is 12.5. The number of nitrogens with zero attached hydrogens (tertiary/aromatic N) is 2. The summed E-state index contributed by atoms with van der Waals surface area (Å²) >= 11 is 0. The van der Waals surface area contributed by atoms with Crippen molar-refractivity contribution < 1.29 is 4.79 Å². The Balaban J connectivity index is 1.34. The first kappa shape index (κ1) is 24.9. The van der Waals surface area contributed by atoms with Gasteiger partial charge in [0.2, 0.25) is 0 Å². The molecular formula is C31H30N6O. The Labute approximate surface area is 222 Å². The summed E-state index contributed by atoms with van der Waals surface area (Å²) in [6, 6.07) is 25.1. The quantitative estimate of drug-likeness (QED) is 0.189. The predicted molar refractivity (Wildman–Crippen MR) is 156 cm³/mol. The molecule has 0 saturated heterocycles. The highest BCUT2D eigenvalue weighted by atomic mass is 16.1. The number of fused-ring (bicyclic) bond motifs is 1. The molecule has 190 valence electrons. The lowest BCUT2D eigenvalue weighted by Gasteiger charge is -2.15. The Morgan fingerprint density at radius 1 is 0.763 bits per heavy atom. The number of aromatic nitrogens is 2. The molecule has 0 aliphatic rings. The van der Waals surface area contributed by atoms with E-state index < -0.39 is 0 Å². The van der Waals surface area contributed by atoms with Crippen molar-refractivity contribution in [3.8, 4) is 0 Å². The lowest BCUT2D eigenvalue weighted by atomic mass is 10.0. The van der Waals surface area contributed by atoms with Gasteiger partial charge in [0.25, 0.3) is 5.91 Å². The number of anilines is 5. The predicted octanol–water partition coefficient (Wildman–Crippen LogP) is 6.71. The molecule has 2 heterocycles. The SMILES string of the molecule is CNCc1ccc2nccc(Nc3cccc(C(=O)Nc4cccc(Nc5ccnc(C)c5)c4)c3)c2c1C. The van der Waals surface area contributed by atoms with Gasteiger partial charge in [-0.15, -0.1) is 0 Å². The van der Waals surface area contributed by atoms with Crippen LogP contribution in [0.2, 0.25) is 0 Å². The number of benzene rings is 3. The molecule has 0 spiro atoms. The fraction of sp³-hybridized carbons (Fsp3) is 0.129. The highest BCUT2D eigenvalue weighted by Gasteiger charge is 2.11. The minimum atomic E-state index is -0.183. The minimum Gasteiger partial charge on any atom is -0.355 e. The van der Waals surface area contributed by atoms with Gasteiger partial charge in [-0.05, 0) is 92.7 Å². The summed E-state index contributed by atoms with van der Waals surface area (Å²) in [5.74, 6) is -0.183. The summed E-state index contributed by atoms with van der Waals surface area (Å²) in [6.07, 6.45) is 3.56. The second kappa shape index (κ2) is 11.1. The third kappa shape index (κ3) is 5.63. The van der Waals surface area contributed by atoms with Crippen LogP contribution < -0.4 is 21.3 Å². The maximum Gasteiger partial charge on any atom is 0.255 e. The van der Waals surface area contributed by atoms with Crippen molar-refractivity contribution in [2.24, 2.45) is 0 Å². The summed E-state index contributed by atoms with van der Waals surface area (Å²) < 4.78 is 0. The molecule has 7 nitrogen and oxygen atoms in total. The van der Waals surface area contributed by atoms with Crippen molar-refractivity contribution in [1.29, 1.82) is 0 Å². The van der Waals surface area contributed by atoms with Crippen LogP contribution in [0.15, 0.2) is 91.3 Å². The van der Waals surface area contributed by atoms with Gasteiger partial charge in [0.1, 0.15) is 0 Å². The fourth-order valence-corrected chi connectivity index (χ4v) is 4.51. The fourth-order valence-electron chi connectivity index (χ4n) is 4.51. The average Bonchev–Trinajstić information content (AvgIpc) is 2.91. The van der Waals surface area contributed by atoms with Crippen molar-refractivity contribution in [3.05, 3.63) is 114 Å². The van der Waals surface area contributed by atoms with Gasteiger partial charge in [-0.25, -0.2) is 0 Å². The lowest BCUT2D eigenvalue weighted by Crippen LogP contribution is -2.12. The van der Waals surface area contributed by atoms with E-state index in [9.17, 15) is 4.79 Å². The van der Waals surface area contributed by atoms with Gasteiger partial charge in [-0.3, -0.25) is 14.8 Å². The van der Waals surface area contributed by atoms with Crippen molar-refractivity contribution in [2.45, 2.75) is 20.4 Å². The molecule has 38 heavy (non-hydrogen) atoms. The Kier molecular flexibility index (Phi) is 7.28. The van der Waals surface area contributed by atoms with Crippen LogP contribution in [0.4, 0.5) is 28.4 Å². The van der Waals surface area contributed by atoms with Gasteiger partial charge in [-0.2, -0.15) is 0 Å². The maximum absolute atomic E-state index is 13.1. The van der Waals surface area contributed by atoms with E-state index in [4.69, 9.17) is 0 Å². The van der Waals surface area contributed by atoms with E-state index >= 15 is 0 Å². The number of hydrogen-bond donors (Lipinski definition) is 4. The lowest BCUT2D eigenvalue weighted by molar-refractivity contribution is 0.102. The van der Waals surface area contributed by atoms with Crippen LogP contribution in [0.5, 0.6) is 0 Å². The average molecular weight is 503 g/mol. The van der Waals surface area contributed by atoms with Crippen LogP contribution in [-0.4, -0.2) is 22.9 Å².